The average Bonchev–Trinajstić information content (AvgIpc) is 2.46. The van der Waals surface area contributed by atoms with Gasteiger partial charge in [-0.15, -0.1) is 0 Å². The molecular weight excluding hydrogens is 379 g/mol. The van der Waals surface area contributed by atoms with E-state index in [2.05, 4.69) is 5.32 Å². The molecule has 1 N–H and O–H groups in total. The van der Waals surface area contributed by atoms with E-state index in [0.29, 0.717) is 0 Å². The van der Waals surface area contributed by atoms with Gasteiger partial charge in [-0.05, 0) is 0 Å². The smallest absolute Gasteiger partial charge is 0.389 e. The van der Waals surface area contributed by atoms with Crippen LogP contribution in [0.2, 0.25) is 0 Å². The van der Waals surface area contributed by atoms with Crippen molar-refractivity contribution in [2.24, 2.45) is 0 Å². The Kier molecular flexibility index (Phi) is 7.57. The average molecular weight is 399 g/mol. The molecule has 0 radical (unpaired) electrons. The Morgan fingerprint density at radius 2 is 1.59 bits per heavy atom. The second-order valence-electron chi connectivity index (χ2n) is 5.82. The largest absolute Gasteiger partial charge is 0.458 e. The number of carbonyl (C=O) groups is 4. The van der Waals surface area contributed by atoms with Crippen LogP contribution in [0.5, 0.6) is 0 Å². The highest BCUT2D eigenvalue weighted by atomic mass is 19.4. The molecule has 12 heteroatoms. The summed E-state index contributed by atoms with van der Waals surface area (Å²) in [5.41, 5.74) is 0. The number of amides is 1. The van der Waals surface area contributed by atoms with Crippen LogP contribution in [-0.2, 0) is 38.1 Å². The van der Waals surface area contributed by atoms with Crippen LogP contribution in [0.25, 0.3) is 0 Å². The Hall–Kier alpha value is -2.37. The highest BCUT2D eigenvalue weighted by Gasteiger charge is 2.49. The molecule has 9 nitrogen and oxygen atoms in total. The monoisotopic (exact) mass is 399 g/mol. The summed E-state index contributed by atoms with van der Waals surface area (Å²) in [6.45, 7) is 2.74. The van der Waals surface area contributed by atoms with Gasteiger partial charge in [-0.1, -0.05) is 0 Å². The molecular formula is C15H20F3NO8. The van der Waals surface area contributed by atoms with Gasteiger partial charge in [0.05, 0.1) is 19.4 Å². The van der Waals surface area contributed by atoms with E-state index in [-0.39, 0.29) is 0 Å². The van der Waals surface area contributed by atoms with Gasteiger partial charge in [-0.25, -0.2) is 0 Å². The summed E-state index contributed by atoms with van der Waals surface area (Å²) in [5, 5.41) is 2.08. The lowest BCUT2D eigenvalue weighted by molar-refractivity contribution is -0.293. The number of halogens is 3. The third kappa shape index (κ3) is 8.24. The molecule has 0 aromatic carbocycles. The van der Waals surface area contributed by atoms with E-state index in [9.17, 15) is 32.3 Å². The molecule has 27 heavy (non-hydrogen) atoms. The van der Waals surface area contributed by atoms with Crippen molar-refractivity contribution in [2.45, 2.75) is 64.3 Å². The fourth-order valence-corrected chi connectivity index (χ4v) is 2.38. The van der Waals surface area contributed by atoms with Gasteiger partial charge in [-0.3, -0.25) is 24.5 Å². The number of hydrogen-bond acceptors (Lipinski definition) is 8. The summed E-state index contributed by atoms with van der Waals surface area (Å²) in [7, 11) is 0. The van der Waals surface area contributed by atoms with E-state index >= 15 is 0 Å². The normalized spacial score (nSPS) is 25.3. The summed E-state index contributed by atoms with van der Waals surface area (Å²) in [4.78, 5) is 45.7. The van der Waals surface area contributed by atoms with Gasteiger partial charge in [0.2, 0.25) is 5.91 Å². The number of carbonyl (C=O) groups excluding carboxylic acids is 4. The predicted molar refractivity (Wildman–Crippen MR) is 79.6 cm³/mol. The number of alkyl halides is 3. The minimum Gasteiger partial charge on any atom is -0.458 e. The summed E-state index contributed by atoms with van der Waals surface area (Å²) in [6, 6.07) is 0. The molecule has 0 aliphatic carbocycles. The van der Waals surface area contributed by atoms with Gasteiger partial charge >= 0.3 is 30.0 Å². The molecule has 0 aromatic heterocycles. The molecule has 3 unspecified atom stereocenters. The first kappa shape index (κ1) is 22.7. The first-order chi connectivity index (χ1) is 12.3. The van der Waals surface area contributed by atoms with Crippen molar-refractivity contribution in [2.75, 3.05) is 6.61 Å². The van der Waals surface area contributed by atoms with Gasteiger partial charge < -0.3 is 18.9 Å². The highest BCUT2D eigenvalue weighted by molar-refractivity contribution is 5.77. The maximum absolute atomic E-state index is 12.3. The molecule has 1 fully saturated rings. The molecule has 1 saturated heterocycles. The first-order valence-corrected chi connectivity index (χ1v) is 7.87. The molecule has 154 valence electrons. The third-order valence-electron chi connectivity index (χ3n) is 3.27. The van der Waals surface area contributed by atoms with Crippen molar-refractivity contribution in [3.63, 3.8) is 0 Å². The Labute approximate surface area is 152 Å². The standard InChI is InChI=1S/C15H20F3NO8/c1-8(20)25-11-6-15(27-10(3)22,24-7-12(11)26-9(2)21)19-13(23)4-5-14(16,17)18/h11-12H,4-7H2,1-3H3,(H,19,23). The second-order valence-corrected chi connectivity index (χ2v) is 5.82. The zero-order chi connectivity index (χ0) is 20.8. The van der Waals surface area contributed by atoms with Gasteiger partial charge in [-0.2, -0.15) is 13.2 Å². The summed E-state index contributed by atoms with van der Waals surface area (Å²) in [5.74, 6) is -5.61. The zero-order valence-electron chi connectivity index (χ0n) is 14.9. The minimum absolute atomic E-state index is 0.440. The Balaban J connectivity index is 2.96. The molecule has 0 saturated carbocycles. The van der Waals surface area contributed by atoms with Crippen molar-refractivity contribution in [1.82, 2.24) is 5.32 Å². The lowest BCUT2D eigenvalue weighted by Gasteiger charge is -2.42. The summed E-state index contributed by atoms with van der Waals surface area (Å²) < 4.78 is 57.0. The maximum atomic E-state index is 12.3. The third-order valence-corrected chi connectivity index (χ3v) is 3.27. The molecule has 0 bridgehead atoms. The molecule has 3 atom stereocenters. The van der Waals surface area contributed by atoms with Crippen LogP contribution in [0, 0.1) is 0 Å². The second kappa shape index (κ2) is 9.02. The van der Waals surface area contributed by atoms with Crippen LogP contribution in [-0.4, -0.2) is 54.7 Å². The van der Waals surface area contributed by atoms with Gasteiger partial charge in [0.15, 0.2) is 6.10 Å². The Morgan fingerprint density at radius 1 is 1.04 bits per heavy atom. The molecule has 1 amide bonds. The van der Waals surface area contributed by atoms with Crippen molar-refractivity contribution < 1.29 is 51.3 Å². The summed E-state index contributed by atoms with van der Waals surface area (Å²) >= 11 is 0. The topological polar surface area (TPSA) is 117 Å². The van der Waals surface area contributed by atoms with E-state index in [1.807, 2.05) is 0 Å². The number of rotatable bonds is 6. The predicted octanol–water partition coefficient (Wildman–Crippen LogP) is 0.946. The number of esters is 3. The molecule has 1 rings (SSSR count). The van der Waals surface area contributed by atoms with Crippen LogP contribution >= 0.6 is 0 Å². The maximum Gasteiger partial charge on any atom is 0.389 e. The van der Waals surface area contributed by atoms with E-state index in [0.717, 1.165) is 20.8 Å². The molecule has 1 aliphatic heterocycles. The lowest BCUT2D eigenvalue weighted by atomic mass is 10.0. The molecule has 1 heterocycles. The SMILES string of the molecule is CC(=O)OC1COC(NC(=O)CCC(F)(F)F)(OC(C)=O)CC1OC(C)=O. The van der Waals surface area contributed by atoms with Gasteiger partial charge in [0.1, 0.15) is 6.10 Å². The van der Waals surface area contributed by atoms with Crippen LogP contribution < -0.4 is 5.32 Å². The summed E-state index contributed by atoms with van der Waals surface area (Å²) in [6.07, 6.45) is -9.58. The van der Waals surface area contributed by atoms with Crippen molar-refractivity contribution in [3.05, 3.63) is 0 Å². The number of nitrogens with one attached hydrogen (secondary N) is 1. The van der Waals surface area contributed by atoms with Crippen LogP contribution in [0.1, 0.15) is 40.0 Å². The molecule has 1 aliphatic rings. The van der Waals surface area contributed by atoms with E-state index in [1.165, 1.54) is 0 Å². The lowest BCUT2D eigenvalue weighted by Crippen LogP contribution is -2.62. The van der Waals surface area contributed by atoms with Crippen LogP contribution in [0.3, 0.4) is 0 Å². The van der Waals surface area contributed by atoms with Gasteiger partial charge in [0, 0.05) is 27.2 Å². The molecule has 0 aromatic rings. The van der Waals surface area contributed by atoms with Crippen molar-refractivity contribution >= 4 is 23.8 Å². The zero-order valence-corrected chi connectivity index (χ0v) is 14.9. The number of ether oxygens (including phenoxy) is 4. The van der Waals surface area contributed by atoms with E-state index in [1.54, 1.807) is 0 Å². The number of hydrogen-bond donors (Lipinski definition) is 1. The quantitative estimate of drug-likeness (QED) is 0.399. The van der Waals surface area contributed by atoms with Crippen LogP contribution in [0.15, 0.2) is 0 Å². The molecule has 0 spiro atoms. The van der Waals surface area contributed by atoms with Crippen LogP contribution in [0.4, 0.5) is 13.2 Å². The van der Waals surface area contributed by atoms with Crippen molar-refractivity contribution in [1.29, 1.82) is 0 Å². The Bertz CT molecular complexity index is 594. The highest BCUT2D eigenvalue weighted by Crippen LogP contribution is 2.29. The fourth-order valence-electron chi connectivity index (χ4n) is 2.38. The minimum atomic E-state index is -4.56. The van der Waals surface area contributed by atoms with Gasteiger partial charge in [0.25, 0.3) is 0 Å². The Morgan fingerprint density at radius 3 is 2.07 bits per heavy atom. The van der Waals surface area contributed by atoms with E-state index < -0.39 is 74.0 Å². The van der Waals surface area contributed by atoms with Crippen molar-refractivity contribution in [3.8, 4) is 0 Å². The van der Waals surface area contributed by atoms with E-state index in [4.69, 9.17) is 18.9 Å². The first-order valence-electron chi connectivity index (χ1n) is 7.87. The fraction of sp³-hybridized carbons (Fsp3) is 0.733.